The molecule has 2 nitrogen and oxygen atoms in total. The van der Waals surface area contributed by atoms with Gasteiger partial charge in [-0.25, -0.2) is 0 Å². The maximum atomic E-state index is 10.9. The van der Waals surface area contributed by atoms with Crippen LogP contribution in [0.3, 0.4) is 0 Å². The first kappa shape index (κ1) is 10.8. The minimum absolute atomic E-state index is 0.326. The summed E-state index contributed by atoms with van der Waals surface area (Å²) in [6.07, 6.45) is 0. The molecule has 0 saturated carbocycles. The molecule has 0 aliphatic heterocycles. The molecule has 0 aliphatic rings. The molecular formula is C12H16O2. The van der Waals surface area contributed by atoms with Crippen LogP contribution in [0.1, 0.15) is 26.3 Å². The monoisotopic (exact) mass is 192 g/mol. The van der Waals surface area contributed by atoms with Gasteiger partial charge in [-0.1, -0.05) is 51.1 Å². The van der Waals surface area contributed by atoms with Gasteiger partial charge in [0.05, 0.1) is 5.92 Å². The standard InChI is InChI=1S/C12H16O2/c1-9(11(13)14)12(2,3)10-7-5-4-6-8-10/h4-9H,1-3H3,(H,13,14)/t9-/m0/s1. The summed E-state index contributed by atoms with van der Waals surface area (Å²) in [5, 5.41) is 8.98. The van der Waals surface area contributed by atoms with E-state index in [2.05, 4.69) is 0 Å². The van der Waals surface area contributed by atoms with Gasteiger partial charge in [-0.3, -0.25) is 4.79 Å². The van der Waals surface area contributed by atoms with Gasteiger partial charge >= 0.3 is 5.97 Å². The topological polar surface area (TPSA) is 37.3 Å². The summed E-state index contributed by atoms with van der Waals surface area (Å²) < 4.78 is 0. The van der Waals surface area contributed by atoms with E-state index in [4.69, 9.17) is 5.11 Å². The maximum absolute atomic E-state index is 10.9. The Morgan fingerprint density at radius 3 is 2.21 bits per heavy atom. The summed E-state index contributed by atoms with van der Waals surface area (Å²) in [7, 11) is 0. The van der Waals surface area contributed by atoms with Crippen molar-refractivity contribution in [1.82, 2.24) is 0 Å². The summed E-state index contributed by atoms with van der Waals surface area (Å²) >= 11 is 0. The highest BCUT2D eigenvalue weighted by Gasteiger charge is 2.32. The molecule has 1 aromatic rings. The molecule has 2 heteroatoms. The number of carboxylic acids is 1. The average molecular weight is 192 g/mol. The van der Waals surface area contributed by atoms with E-state index in [0.29, 0.717) is 0 Å². The van der Waals surface area contributed by atoms with Gasteiger partial charge in [-0.15, -0.1) is 0 Å². The van der Waals surface area contributed by atoms with E-state index in [9.17, 15) is 4.79 Å². The number of hydrogen-bond donors (Lipinski definition) is 1. The quantitative estimate of drug-likeness (QED) is 0.799. The van der Waals surface area contributed by atoms with E-state index in [1.165, 1.54) is 0 Å². The molecule has 0 bridgehead atoms. The lowest BCUT2D eigenvalue weighted by Crippen LogP contribution is -2.32. The van der Waals surface area contributed by atoms with Crippen LogP contribution < -0.4 is 0 Å². The van der Waals surface area contributed by atoms with Crippen LogP contribution in [0.25, 0.3) is 0 Å². The lowest BCUT2D eigenvalue weighted by molar-refractivity contribution is -0.143. The third-order valence-electron chi connectivity index (χ3n) is 2.97. The van der Waals surface area contributed by atoms with Crippen molar-refractivity contribution in [3.63, 3.8) is 0 Å². The zero-order chi connectivity index (χ0) is 10.8. The minimum atomic E-state index is -0.751. The molecule has 14 heavy (non-hydrogen) atoms. The maximum Gasteiger partial charge on any atom is 0.307 e. The van der Waals surface area contributed by atoms with Crippen molar-refractivity contribution in [2.75, 3.05) is 0 Å². The fourth-order valence-corrected chi connectivity index (χ4v) is 1.43. The molecule has 1 aromatic carbocycles. The number of aliphatic carboxylic acids is 1. The van der Waals surface area contributed by atoms with E-state index in [0.717, 1.165) is 5.56 Å². The van der Waals surface area contributed by atoms with Crippen LogP contribution in [-0.4, -0.2) is 11.1 Å². The second kappa shape index (κ2) is 3.82. The van der Waals surface area contributed by atoms with Gasteiger partial charge in [-0.05, 0) is 5.56 Å². The molecule has 1 N–H and O–H groups in total. The third kappa shape index (κ3) is 1.95. The molecule has 0 amide bonds. The van der Waals surface area contributed by atoms with Gasteiger partial charge in [0.15, 0.2) is 0 Å². The number of carboxylic acid groups (broad SMARTS) is 1. The highest BCUT2D eigenvalue weighted by Crippen LogP contribution is 2.31. The van der Waals surface area contributed by atoms with Crippen molar-refractivity contribution >= 4 is 5.97 Å². The second-order valence-electron chi connectivity index (χ2n) is 4.15. The highest BCUT2D eigenvalue weighted by molar-refractivity contribution is 5.71. The molecule has 0 radical (unpaired) electrons. The Morgan fingerprint density at radius 1 is 1.29 bits per heavy atom. The predicted octanol–water partition coefficient (Wildman–Crippen LogP) is 2.68. The number of carbonyl (C=O) groups is 1. The van der Waals surface area contributed by atoms with Gasteiger partial charge < -0.3 is 5.11 Å². The van der Waals surface area contributed by atoms with Gasteiger partial charge in [0, 0.05) is 5.41 Å². The van der Waals surface area contributed by atoms with Crippen LogP contribution in [0.5, 0.6) is 0 Å². The molecule has 0 aromatic heterocycles. The summed E-state index contributed by atoms with van der Waals surface area (Å²) in [5.41, 5.74) is 0.738. The van der Waals surface area contributed by atoms with Crippen molar-refractivity contribution in [1.29, 1.82) is 0 Å². The molecule has 0 unspecified atom stereocenters. The third-order valence-corrected chi connectivity index (χ3v) is 2.97. The fourth-order valence-electron chi connectivity index (χ4n) is 1.43. The first-order chi connectivity index (χ1) is 6.46. The first-order valence-electron chi connectivity index (χ1n) is 4.74. The molecule has 0 saturated heterocycles. The summed E-state index contributed by atoms with van der Waals surface area (Å²) in [6.45, 7) is 5.66. The Morgan fingerprint density at radius 2 is 1.79 bits per heavy atom. The zero-order valence-electron chi connectivity index (χ0n) is 8.82. The van der Waals surface area contributed by atoms with Crippen LogP contribution >= 0.6 is 0 Å². The van der Waals surface area contributed by atoms with Crippen molar-refractivity contribution in [2.24, 2.45) is 5.92 Å². The van der Waals surface area contributed by atoms with E-state index in [1.54, 1.807) is 6.92 Å². The molecule has 0 aliphatic carbocycles. The van der Waals surface area contributed by atoms with E-state index in [1.807, 2.05) is 44.2 Å². The first-order valence-corrected chi connectivity index (χ1v) is 4.74. The Labute approximate surface area is 84.6 Å². The Hall–Kier alpha value is -1.31. The summed E-state index contributed by atoms with van der Waals surface area (Å²) in [6, 6.07) is 9.75. The fraction of sp³-hybridized carbons (Fsp3) is 0.417. The van der Waals surface area contributed by atoms with E-state index in [-0.39, 0.29) is 11.3 Å². The average Bonchev–Trinajstić information content (AvgIpc) is 2.18. The molecule has 0 heterocycles. The van der Waals surface area contributed by atoms with Crippen molar-refractivity contribution < 1.29 is 9.90 Å². The van der Waals surface area contributed by atoms with E-state index >= 15 is 0 Å². The lowest BCUT2D eigenvalue weighted by Gasteiger charge is -2.29. The van der Waals surface area contributed by atoms with Crippen LogP contribution in [-0.2, 0) is 10.2 Å². The van der Waals surface area contributed by atoms with E-state index < -0.39 is 5.97 Å². The minimum Gasteiger partial charge on any atom is -0.481 e. The molecule has 1 atom stereocenters. The molecule has 0 spiro atoms. The highest BCUT2D eigenvalue weighted by atomic mass is 16.4. The van der Waals surface area contributed by atoms with Crippen LogP contribution in [0.4, 0.5) is 0 Å². The van der Waals surface area contributed by atoms with Crippen molar-refractivity contribution in [3.8, 4) is 0 Å². The van der Waals surface area contributed by atoms with Crippen molar-refractivity contribution in [3.05, 3.63) is 35.9 Å². The lowest BCUT2D eigenvalue weighted by atomic mass is 9.74. The van der Waals surface area contributed by atoms with Gasteiger partial charge in [0.25, 0.3) is 0 Å². The summed E-state index contributed by atoms with van der Waals surface area (Å²) in [5.74, 6) is -1.14. The second-order valence-corrected chi connectivity index (χ2v) is 4.15. The number of benzene rings is 1. The Bertz CT molecular complexity index is 314. The Balaban J connectivity index is 3.02. The van der Waals surface area contributed by atoms with Crippen molar-refractivity contribution in [2.45, 2.75) is 26.2 Å². The van der Waals surface area contributed by atoms with Gasteiger partial charge in [-0.2, -0.15) is 0 Å². The largest absolute Gasteiger partial charge is 0.481 e. The predicted molar refractivity (Wildman–Crippen MR) is 56.3 cm³/mol. The normalized spacial score (nSPS) is 13.6. The SMILES string of the molecule is C[C@@H](C(=O)O)C(C)(C)c1ccccc1. The van der Waals surface area contributed by atoms with Crippen LogP contribution in [0, 0.1) is 5.92 Å². The Kier molecular flexibility index (Phi) is 2.94. The summed E-state index contributed by atoms with van der Waals surface area (Å²) in [4.78, 5) is 10.9. The van der Waals surface area contributed by atoms with Gasteiger partial charge in [0.1, 0.15) is 0 Å². The molecule has 0 fully saturated rings. The molecule has 76 valence electrons. The number of hydrogen-bond acceptors (Lipinski definition) is 1. The number of rotatable bonds is 3. The smallest absolute Gasteiger partial charge is 0.307 e. The molecular weight excluding hydrogens is 176 g/mol. The zero-order valence-corrected chi connectivity index (χ0v) is 8.82. The van der Waals surface area contributed by atoms with Gasteiger partial charge in [0.2, 0.25) is 0 Å². The molecule has 1 rings (SSSR count). The van der Waals surface area contributed by atoms with Crippen LogP contribution in [0.15, 0.2) is 30.3 Å². The van der Waals surface area contributed by atoms with Crippen LogP contribution in [0.2, 0.25) is 0 Å².